The summed E-state index contributed by atoms with van der Waals surface area (Å²) in [5, 5.41) is 4.39. The number of hydrogen-bond acceptors (Lipinski definition) is 6. The maximum atomic E-state index is 12.6. The Balaban J connectivity index is 1.37. The number of hydrazone groups is 1. The van der Waals surface area contributed by atoms with Gasteiger partial charge >= 0.3 is 0 Å². The molecule has 0 fully saturated rings. The summed E-state index contributed by atoms with van der Waals surface area (Å²) >= 11 is 4.74. The minimum absolute atomic E-state index is 0.226. The number of rotatable bonds is 3. The second-order valence-corrected chi connectivity index (χ2v) is 9.08. The van der Waals surface area contributed by atoms with E-state index in [2.05, 4.69) is 32.5 Å². The van der Waals surface area contributed by atoms with Gasteiger partial charge in [0, 0.05) is 20.5 Å². The van der Waals surface area contributed by atoms with E-state index in [4.69, 9.17) is 9.15 Å². The van der Waals surface area contributed by atoms with Gasteiger partial charge in [-0.3, -0.25) is 9.59 Å². The van der Waals surface area contributed by atoms with Crippen LogP contribution in [0.25, 0.3) is 21.4 Å². The molecule has 6 nitrogen and oxygen atoms in total. The highest BCUT2D eigenvalue weighted by molar-refractivity contribution is 9.10. The summed E-state index contributed by atoms with van der Waals surface area (Å²) in [6.45, 7) is 2.44. The summed E-state index contributed by atoms with van der Waals surface area (Å²) in [6.07, 6.45) is 2.62. The first-order valence-corrected chi connectivity index (χ1v) is 11.0. The van der Waals surface area contributed by atoms with E-state index in [9.17, 15) is 9.59 Å². The van der Waals surface area contributed by atoms with E-state index in [1.54, 1.807) is 18.2 Å². The number of benzene rings is 2. The molecule has 0 unspecified atom stereocenters. The van der Waals surface area contributed by atoms with Gasteiger partial charge in [0.05, 0.1) is 22.0 Å². The Labute approximate surface area is 189 Å². The molecule has 8 heteroatoms. The standard InChI is InChI=1S/C23H15BrN2O4S/c1-12-2-4-19-17(6-12)22-13(10-29-19)7-20(31-22)23(28)26-25-9-14-11-30-18-5-3-15(24)8-16(18)21(14)27/h2-9,11H,10H2,1H3,(H,26,28)/b25-9+. The predicted molar refractivity (Wildman–Crippen MR) is 124 cm³/mol. The summed E-state index contributed by atoms with van der Waals surface area (Å²) in [5.41, 5.74) is 6.08. The monoisotopic (exact) mass is 494 g/mol. The summed E-state index contributed by atoms with van der Waals surface area (Å²) in [5.74, 6) is 0.470. The number of aryl methyl sites for hydroxylation is 1. The molecule has 0 bridgehead atoms. The molecule has 1 N–H and O–H groups in total. The Morgan fingerprint density at radius 1 is 1.23 bits per heavy atom. The summed E-state index contributed by atoms with van der Waals surface area (Å²) in [7, 11) is 0. The van der Waals surface area contributed by atoms with Crippen LogP contribution in [0.1, 0.15) is 26.4 Å². The molecule has 154 valence electrons. The second kappa shape index (κ2) is 7.79. The number of hydrogen-bond donors (Lipinski definition) is 1. The summed E-state index contributed by atoms with van der Waals surface area (Å²) in [6, 6.07) is 13.0. The van der Waals surface area contributed by atoms with Crippen molar-refractivity contribution in [3.8, 4) is 16.2 Å². The molecule has 4 aromatic rings. The third-order valence-corrected chi connectivity index (χ3v) is 6.63. The number of amides is 1. The lowest BCUT2D eigenvalue weighted by molar-refractivity contribution is 0.0959. The molecule has 2 aromatic heterocycles. The molecule has 0 aliphatic carbocycles. The van der Waals surface area contributed by atoms with Crippen LogP contribution in [0, 0.1) is 6.92 Å². The fourth-order valence-electron chi connectivity index (χ4n) is 3.40. The van der Waals surface area contributed by atoms with Gasteiger partial charge < -0.3 is 9.15 Å². The largest absolute Gasteiger partial charge is 0.488 e. The van der Waals surface area contributed by atoms with Crippen molar-refractivity contribution in [1.82, 2.24) is 5.43 Å². The molecule has 0 radical (unpaired) electrons. The van der Waals surface area contributed by atoms with Crippen molar-refractivity contribution < 1.29 is 13.9 Å². The van der Waals surface area contributed by atoms with Crippen molar-refractivity contribution in [2.24, 2.45) is 5.10 Å². The Kier molecular flexibility index (Phi) is 4.95. The van der Waals surface area contributed by atoms with E-state index in [0.717, 1.165) is 31.8 Å². The quantitative estimate of drug-likeness (QED) is 0.311. The minimum Gasteiger partial charge on any atom is -0.488 e. The zero-order chi connectivity index (χ0) is 21.5. The van der Waals surface area contributed by atoms with Gasteiger partial charge in [0.1, 0.15) is 24.2 Å². The number of ether oxygens (including phenoxy) is 1. The lowest BCUT2D eigenvalue weighted by Crippen LogP contribution is -2.17. The zero-order valence-electron chi connectivity index (χ0n) is 16.3. The average Bonchev–Trinajstić information content (AvgIpc) is 3.21. The third-order valence-electron chi connectivity index (χ3n) is 4.93. The van der Waals surface area contributed by atoms with Gasteiger partial charge in [-0.15, -0.1) is 11.3 Å². The van der Waals surface area contributed by atoms with Crippen molar-refractivity contribution >= 4 is 50.4 Å². The number of fused-ring (bicyclic) bond motifs is 4. The van der Waals surface area contributed by atoms with Crippen LogP contribution in [0.2, 0.25) is 0 Å². The fraction of sp³-hybridized carbons (Fsp3) is 0.0870. The molecule has 5 rings (SSSR count). The Bertz CT molecular complexity index is 1440. The van der Waals surface area contributed by atoms with Crippen molar-refractivity contribution in [3.05, 3.63) is 85.0 Å². The van der Waals surface area contributed by atoms with E-state index >= 15 is 0 Å². The van der Waals surface area contributed by atoms with Crippen molar-refractivity contribution in [1.29, 1.82) is 0 Å². The Morgan fingerprint density at radius 3 is 2.97 bits per heavy atom. The third kappa shape index (κ3) is 3.68. The van der Waals surface area contributed by atoms with E-state index in [0.29, 0.717) is 22.5 Å². The maximum absolute atomic E-state index is 12.6. The zero-order valence-corrected chi connectivity index (χ0v) is 18.7. The van der Waals surface area contributed by atoms with Crippen molar-refractivity contribution in [2.75, 3.05) is 0 Å². The van der Waals surface area contributed by atoms with Crippen molar-refractivity contribution in [2.45, 2.75) is 13.5 Å². The molecule has 1 amide bonds. The van der Waals surface area contributed by atoms with E-state index < -0.39 is 0 Å². The number of carbonyl (C=O) groups is 1. The molecule has 1 aliphatic rings. The van der Waals surface area contributed by atoms with Gasteiger partial charge in [0.25, 0.3) is 5.91 Å². The normalized spacial score (nSPS) is 12.5. The highest BCUT2D eigenvalue weighted by Crippen LogP contribution is 2.42. The van der Waals surface area contributed by atoms with Crippen LogP contribution in [0.4, 0.5) is 0 Å². The van der Waals surface area contributed by atoms with Gasteiger partial charge in [-0.05, 0) is 43.3 Å². The molecular weight excluding hydrogens is 480 g/mol. The maximum Gasteiger partial charge on any atom is 0.281 e. The molecule has 31 heavy (non-hydrogen) atoms. The van der Waals surface area contributed by atoms with Gasteiger partial charge in [-0.2, -0.15) is 5.10 Å². The van der Waals surface area contributed by atoms with Crippen LogP contribution in [-0.4, -0.2) is 12.1 Å². The van der Waals surface area contributed by atoms with E-state index in [-0.39, 0.29) is 16.9 Å². The second-order valence-electron chi connectivity index (χ2n) is 7.11. The summed E-state index contributed by atoms with van der Waals surface area (Å²) in [4.78, 5) is 26.8. The first-order valence-electron chi connectivity index (χ1n) is 9.40. The van der Waals surface area contributed by atoms with Crippen molar-refractivity contribution in [3.63, 3.8) is 0 Å². The molecule has 1 aliphatic heterocycles. The van der Waals surface area contributed by atoms with Gasteiger partial charge in [-0.25, -0.2) is 5.43 Å². The first kappa shape index (κ1) is 19.7. The Morgan fingerprint density at radius 2 is 2.10 bits per heavy atom. The van der Waals surface area contributed by atoms with Crippen LogP contribution in [0.3, 0.4) is 0 Å². The highest BCUT2D eigenvalue weighted by Gasteiger charge is 2.22. The average molecular weight is 495 g/mol. The van der Waals surface area contributed by atoms with Crippen LogP contribution in [0.15, 0.2) is 67.5 Å². The van der Waals surface area contributed by atoms with E-state index in [1.165, 1.54) is 23.8 Å². The number of halogens is 1. The lowest BCUT2D eigenvalue weighted by Gasteiger charge is -2.17. The lowest BCUT2D eigenvalue weighted by atomic mass is 10.0. The van der Waals surface area contributed by atoms with Crippen LogP contribution >= 0.6 is 27.3 Å². The number of nitrogens with one attached hydrogen (secondary N) is 1. The molecule has 0 spiro atoms. The fourth-order valence-corrected chi connectivity index (χ4v) is 4.84. The smallest absolute Gasteiger partial charge is 0.281 e. The molecular formula is C23H15BrN2O4S. The van der Waals surface area contributed by atoms with Crippen LogP contribution in [-0.2, 0) is 6.61 Å². The van der Waals surface area contributed by atoms with Gasteiger partial charge in [-0.1, -0.05) is 27.6 Å². The van der Waals surface area contributed by atoms with E-state index in [1.807, 2.05) is 25.1 Å². The number of nitrogens with zero attached hydrogens (tertiary/aromatic N) is 1. The topological polar surface area (TPSA) is 80.9 Å². The molecule has 0 atom stereocenters. The van der Waals surface area contributed by atoms with Crippen LogP contribution in [0.5, 0.6) is 5.75 Å². The molecule has 3 heterocycles. The number of carbonyl (C=O) groups excluding carboxylic acids is 1. The highest BCUT2D eigenvalue weighted by atomic mass is 79.9. The SMILES string of the molecule is Cc1ccc2c(c1)-c1sc(C(=O)N/N=C/c3coc4ccc(Br)cc4c3=O)cc1CO2. The minimum atomic E-state index is -0.349. The molecule has 2 aromatic carbocycles. The number of thiophene rings is 1. The van der Waals surface area contributed by atoms with Gasteiger partial charge in [0.2, 0.25) is 5.43 Å². The molecule has 0 saturated carbocycles. The van der Waals surface area contributed by atoms with Gasteiger partial charge in [0.15, 0.2) is 0 Å². The Hall–Kier alpha value is -3.23. The predicted octanol–water partition coefficient (Wildman–Crippen LogP) is 5.25. The summed E-state index contributed by atoms with van der Waals surface area (Å²) < 4.78 is 12.0. The van der Waals surface area contributed by atoms with Crippen LogP contribution < -0.4 is 15.6 Å². The molecule has 0 saturated heterocycles. The first-order chi connectivity index (χ1) is 15.0.